The van der Waals surface area contributed by atoms with Gasteiger partial charge in [0.15, 0.2) is 11.5 Å². The van der Waals surface area contributed by atoms with Crippen molar-refractivity contribution in [2.75, 3.05) is 11.5 Å². The summed E-state index contributed by atoms with van der Waals surface area (Å²) in [6, 6.07) is 9.49. The lowest BCUT2D eigenvalue weighted by molar-refractivity contribution is -0.315. The maximum atomic E-state index is 16.5. The first-order valence-electron chi connectivity index (χ1n) is 12.3. The summed E-state index contributed by atoms with van der Waals surface area (Å²) in [5.74, 6) is -9.90. The largest absolute Gasteiger partial charge is 0.455 e. The third kappa shape index (κ3) is 6.00. The van der Waals surface area contributed by atoms with Gasteiger partial charge in [-0.25, -0.2) is 4.39 Å². The molecule has 0 heterocycles. The Kier molecular flexibility index (Phi) is 8.33. The van der Waals surface area contributed by atoms with E-state index < -0.39 is 86.7 Å². The fourth-order valence-corrected chi connectivity index (χ4v) is 4.34. The molecule has 1 atom stereocenters. The van der Waals surface area contributed by atoms with Crippen LogP contribution in [0.5, 0.6) is 23.0 Å². The van der Waals surface area contributed by atoms with Gasteiger partial charge in [-0.1, -0.05) is 42.5 Å². The first-order chi connectivity index (χ1) is 20.7. The SMILES string of the molecule is Nc1c(Oc2ccccc2C(F)(F)C(F)(c2ccccc2Oc2cccc(C(F)(F)F)c2N)C(F)(F)F)cccc1C(F)(F)F. The molecule has 4 rings (SSSR count). The summed E-state index contributed by atoms with van der Waals surface area (Å²) in [7, 11) is 0. The molecule has 0 bridgehead atoms. The average Bonchev–Trinajstić information content (AvgIpc) is 2.93. The van der Waals surface area contributed by atoms with Crippen LogP contribution in [0.15, 0.2) is 84.9 Å². The maximum absolute atomic E-state index is 16.5. The van der Waals surface area contributed by atoms with Crippen LogP contribution in [0.2, 0.25) is 0 Å². The van der Waals surface area contributed by atoms with Gasteiger partial charge >= 0.3 is 30.1 Å². The molecule has 0 radical (unpaired) electrons. The van der Waals surface area contributed by atoms with Crippen LogP contribution in [0, 0.1) is 0 Å². The van der Waals surface area contributed by atoms with Crippen molar-refractivity contribution in [1.29, 1.82) is 0 Å². The van der Waals surface area contributed by atoms with E-state index in [1.165, 1.54) is 0 Å². The molecule has 0 amide bonds. The molecule has 240 valence electrons. The maximum Gasteiger partial charge on any atom is 0.433 e. The van der Waals surface area contributed by atoms with Crippen molar-refractivity contribution in [2.45, 2.75) is 30.1 Å². The molecule has 0 aromatic heterocycles. The second-order valence-electron chi connectivity index (χ2n) is 9.36. The molecule has 0 aliphatic heterocycles. The molecule has 4 N–H and O–H groups in total. The lowest BCUT2D eigenvalue weighted by Crippen LogP contribution is -2.51. The van der Waals surface area contributed by atoms with Gasteiger partial charge in [0.1, 0.15) is 11.5 Å². The van der Waals surface area contributed by atoms with Gasteiger partial charge in [0, 0.05) is 5.56 Å². The van der Waals surface area contributed by atoms with Gasteiger partial charge in [0.05, 0.1) is 28.1 Å². The molecule has 0 saturated carbocycles. The van der Waals surface area contributed by atoms with E-state index in [9.17, 15) is 39.5 Å². The summed E-state index contributed by atoms with van der Waals surface area (Å²) in [6.45, 7) is 0. The number of benzene rings is 4. The summed E-state index contributed by atoms with van der Waals surface area (Å²) in [5.41, 5.74) is -3.49. The van der Waals surface area contributed by atoms with E-state index >= 15 is 13.2 Å². The predicted octanol–water partition coefficient (Wildman–Crippen LogP) is 9.99. The number of rotatable bonds is 7. The van der Waals surface area contributed by atoms with E-state index in [1.807, 2.05) is 0 Å². The molecule has 45 heavy (non-hydrogen) atoms. The molecular weight excluding hydrogens is 636 g/mol. The van der Waals surface area contributed by atoms with Gasteiger partial charge in [-0.2, -0.15) is 48.3 Å². The van der Waals surface area contributed by atoms with Gasteiger partial charge in [0.25, 0.3) is 0 Å². The number of nitrogens with two attached hydrogens (primary N) is 2. The zero-order valence-corrected chi connectivity index (χ0v) is 22.1. The summed E-state index contributed by atoms with van der Waals surface area (Å²) >= 11 is 0. The Labute approximate surface area is 245 Å². The van der Waals surface area contributed by atoms with Gasteiger partial charge < -0.3 is 20.9 Å². The van der Waals surface area contributed by atoms with Crippen LogP contribution < -0.4 is 20.9 Å². The average molecular weight is 654 g/mol. The quantitative estimate of drug-likeness (QED) is 0.154. The number of halogens is 12. The van der Waals surface area contributed by atoms with E-state index in [2.05, 4.69) is 0 Å². The third-order valence-corrected chi connectivity index (χ3v) is 6.49. The van der Waals surface area contributed by atoms with Crippen LogP contribution in [0.3, 0.4) is 0 Å². The van der Waals surface area contributed by atoms with Crippen LogP contribution >= 0.6 is 0 Å². The minimum absolute atomic E-state index is 0.273. The Morgan fingerprint density at radius 2 is 0.733 bits per heavy atom. The molecule has 0 aliphatic carbocycles. The highest BCUT2D eigenvalue weighted by Gasteiger charge is 2.74. The monoisotopic (exact) mass is 654 g/mol. The third-order valence-electron chi connectivity index (χ3n) is 6.49. The van der Waals surface area contributed by atoms with Gasteiger partial charge in [0.2, 0.25) is 0 Å². The summed E-state index contributed by atoms with van der Waals surface area (Å²) in [4.78, 5) is 0. The smallest absolute Gasteiger partial charge is 0.433 e. The number of ether oxygens (including phenoxy) is 2. The second kappa shape index (κ2) is 11.3. The zero-order valence-electron chi connectivity index (χ0n) is 22.1. The van der Waals surface area contributed by atoms with Gasteiger partial charge in [-0.15, -0.1) is 0 Å². The Morgan fingerprint density at radius 1 is 0.400 bits per heavy atom. The normalized spacial score (nSPS) is 14.1. The zero-order chi connectivity index (χ0) is 33.6. The fourth-order valence-electron chi connectivity index (χ4n) is 4.34. The number of nitrogen functional groups attached to an aromatic ring is 2. The van der Waals surface area contributed by atoms with Crippen molar-refractivity contribution in [2.24, 2.45) is 0 Å². The van der Waals surface area contributed by atoms with E-state index in [0.29, 0.717) is 30.3 Å². The van der Waals surface area contributed by atoms with E-state index in [1.54, 1.807) is 0 Å². The molecule has 4 aromatic rings. The molecule has 4 aromatic carbocycles. The molecule has 0 spiro atoms. The molecule has 0 saturated heterocycles. The number of anilines is 2. The van der Waals surface area contributed by atoms with Crippen LogP contribution in [-0.2, 0) is 23.9 Å². The number of alkyl halides is 12. The molecule has 0 aliphatic rings. The Hall–Kier alpha value is -4.76. The molecule has 4 nitrogen and oxygen atoms in total. The minimum atomic E-state index is -6.45. The van der Waals surface area contributed by atoms with Gasteiger partial charge in [-0.3, -0.25) is 0 Å². The first-order valence-corrected chi connectivity index (χ1v) is 12.3. The van der Waals surface area contributed by atoms with Crippen LogP contribution in [0.1, 0.15) is 22.3 Å². The summed E-state index contributed by atoms with van der Waals surface area (Å²) in [6.07, 6.45) is -16.5. The van der Waals surface area contributed by atoms with Crippen molar-refractivity contribution < 1.29 is 62.2 Å². The van der Waals surface area contributed by atoms with Crippen molar-refractivity contribution in [3.63, 3.8) is 0 Å². The summed E-state index contributed by atoms with van der Waals surface area (Å²) < 4.78 is 182. The molecular formula is C29H18F12N2O2. The first kappa shape index (κ1) is 33.1. The lowest BCUT2D eigenvalue weighted by atomic mass is 9.83. The molecule has 0 fully saturated rings. The number of hydrogen-bond donors (Lipinski definition) is 2. The van der Waals surface area contributed by atoms with Crippen molar-refractivity contribution >= 4 is 11.4 Å². The van der Waals surface area contributed by atoms with E-state index in [-0.39, 0.29) is 6.07 Å². The molecule has 16 heteroatoms. The summed E-state index contributed by atoms with van der Waals surface area (Å²) in [5, 5.41) is 0. The number of hydrogen-bond acceptors (Lipinski definition) is 4. The highest BCUT2D eigenvalue weighted by Crippen LogP contribution is 2.60. The lowest BCUT2D eigenvalue weighted by Gasteiger charge is -2.37. The number of para-hydroxylation sites is 4. The highest BCUT2D eigenvalue weighted by molar-refractivity contribution is 5.62. The van der Waals surface area contributed by atoms with E-state index in [0.717, 1.165) is 48.5 Å². The Balaban J connectivity index is 1.88. The Morgan fingerprint density at radius 3 is 1.13 bits per heavy atom. The molecule has 1 unspecified atom stereocenters. The minimum Gasteiger partial charge on any atom is -0.455 e. The van der Waals surface area contributed by atoms with Crippen molar-refractivity contribution in [1.82, 2.24) is 0 Å². The van der Waals surface area contributed by atoms with E-state index in [4.69, 9.17) is 20.9 Å². The van der Waals surface area contributed by atoms with Crippen LogP contribution in [0.25, 0.3) is 0 Å². The second-order valence-corrected chi connectivity index (χ2v) is 9.36. The van der Waals surface area contributed by atoms with Crippen LogP contribution in [0.4, 0.5) is 64.1 Å². The Bertz CT molecular complexity index is 1700. The predicted molar refractivity (Wildman–Crippen MR) is 137 cm³/mol. The highest BCUT2D eigenvalue weighted by atomic mass is 19.4. The standard InChI is InChI=1S/C29H18F12N2O2/c30-25(29(39,40)41,15-7-1-3-11-19(15)44-21-13-5-9-17(23(21)42)27(33,34)35)26(31,32)16-8-2-4-12-20(16)45-22-14-6-10-18(24(22)43)28(36,37)38/h1-14H,42-43H2. The van der Waals surface area contributed by atoms with Crippen molar-refractivity contribution in [3.05, 3.63) is 107 Å². The van der Waals surface area contributed by atoms with Gasteiger partial charge in [-0.05, 0) is 42.5 Å². The van der Waals surface area contributed by atoms with Crippen molar-refractivity contribution in [3.8, 4) is 23.0 Å². The van der Waals surface area contributed by atoms with Crippen LogP contribution in [-0.4, -0.2) is 6.18 Å². The topological polar surface area (TPSA) is 70.5 Å². The fraction of sp³-hybridized carbons (Fsp3) is 0.172.